The highest BCUT2D eigenvalue weighted by Gasteiger charge is 2.25. The van der Waals surface area contributed by atoms with E-state index in [1.165, 1.54) is 11.8 Å². The van der Waals surface area contributed by atoms with Crippen LogP contribution >= 0.6 is 27.7 Å². The number of nitrogens with zero attached hydrogens (tertiary/aromatic N) is 1. The Kier molecular flexibility index (Phi) is 7.39. The fourth-order valence-corrected chi connectivity index (χ4v) is 4.89. The molecular weight excluding hydrogens is 536 g/mol. The van der Waals surface area contributed by atoms with Gasteiger partial charge in [0.05, 0.1) is 17.2 Å². The first-order valence-corrected chi connectivity index (χ1v) is 13.1. The minimum Gasteiger partial charge on any atom is -0.494 e. The fourth-order valence-electron chi connectivity index (χ4n) is 3.80. The monoisotopic (exact) mass is 558 g/mol. The Morgan fingerprint density at radius 2 is 1.72 bits per heavy atom. The topological polar surface area (TPSA) is 59.9 Å². The molecule has 0 saturated carbocycles. The molecule has 4 aromatic carbocycles. The zero-order chi connectivity index (χ0) is 24.9. The van der Waals surface area contributed by atoms with Gasteiger partial charge >= 0.3 is 0 Å². The van der Waals surface area contributed by atoms with Gasteiger partial charge in [-0.25, -0.2) is 4.99 Å². The van der Waals surface area contributed by atoms with Gasteiger partial charge in [-0.15, -0.1) is 0 Å². The standard InChI is InChI=1S/C29H23BrN2O3S/c1-2-34-23-14-12-22(13-15-23)31-29-32-28(33)27(36-29)17-25-24-6-4-3-5-20(24)9-16-26(25)35-18-19-7-10-21(30)11-8-19/h3-17H,2,18H2,1H3,(H,31,32,33)/b27-17+. The summed E-state index contributed by atoms with van der Waals surface area (Å²) in [5.74, 6) is 1.32. The lowest BCUT2D eigenvalue weighted by Crippen LogP contribution is -2.19. The maximum atomic E-state index is 12.8. The van der Waals surface area contributed by atoms with E-state index in [9.17, 15) is 4.79 Å². The number of rotatable bonds is 7. The average molecular weight is 559 g/mol. The lowest BCUT2D eigenvalue weighted by atomic mass is 10.0. The first-order valence-electron chi connectivity index (χ1n) is 11.5. The number of amidine groups is 1. The van der Waals surface area contributed by atoms with Crippen molar-refractivity contribution < 1.29 is 14.3 Å². The van der Waals surface area contributed by atoms with Crippen molar-refractivity contribution in [2.24, 2.45) is 4.99 Å². The summed E-state index contributed by atoms with van der Waals surface area (Å²) in [7, 11) is 0. The average Bonchev–Trinajstić information content (AvgIpc) is 3.24. The number of halogens is 1. The van der Waals surface area contributed by atoms with Gasteiger partial charge in [-0.05, 0) is 83.6 Å². The summed E-state index contributed by atoms with van der Waals surface area (Å²) >= 11 is 4.78. The number of nitrogens with one attached hydrogen (secondary N) is 1. The summed E-state index contributed by atoms with van der Waals surface area (Å²) in [5.41, 5.74) is 2.67. The molecule has 1 amide bonds. The number of benzene rings is 4. The molecule has 4 aromatic rings. The molecule has 0 atom stereocenters. The second-order valence-corrected chi connectivity index (χ2v) is 9.97. The van der Waals surface area contributed by atoms with E-state index in [0.717, 1.165) is 43.6 Å². The Bertz CT molecular complexity index is 1460. The third kappa shape index (κ3) is 5.64. The maximum absolute atomic E-state index is 12.8. The quantitative estimate of drug-likeness (QED) is 0.239. The maximum Gasteiger partial charge on any atom is 0.264 e. The van der Waals surface area contributed by atoms with E-state index in [0.29, 0.717) is 23.3 Å². The fraction of sp³-hybridized carbons (Fsp3) is 0.103. The lowest BCUT2D eigenvalue weighted by Gasteiger charge is -2.13. The molecule has 0 spiro atoms. The minimum atomic E-state index is -0.184. The molecule has 36 heavy (non-hydrogen) atoms. The molecule has 0 unspecified atom stereocenters. The molecule has 1 aliphatic rings. The number of ether oxygens (including phenoxy) is 2. The number of amides is 1. The van der Waals surface area contributed by atoms with Crippen molar-refractivity contribution in [1.29, 1.82) is 0 Å². The molecule has 5 nitrogen and oxygen atoms in total. The van der Waals surface area contributed by atoms with Gasteiger partial charge in [-0.3, -0.25) is 4.79 Å². The molecule has 180 valence electrons. The zero-order valence-electron chi connectivity index (χ0n) is 19.5. The SMILES string of the molecule is CCOc1ccc(N=C2NC(=O)/C(=C\c3c(OCc4ccc(Br)cc4)ccc4ccccc34)S2)cc1. The molecule has 0 bridgehead atoms. The van der Waals surface area contributed by atoms with Crippen LogP contribution < -0.4 is 14.8 Å². The molecule has 5 rings (SSSR count). The molecule has 1 N–H and O–H groups in total. The van der Waals surface area contributed by atoms with E-state index < -0.39 is 0 Å². The van der Waals surface area contributed by atoms with Crippen molar-refractivity contribution in [2.75, 3.05) is 6.61 Å². The smallest absolute Gasteiger partial charge is 0.264 e. The van der Waals surface area contributed by atoms with Gasteiger partial charge < -0.3 is 14.8 Å². The predicted octanol–water partition coefficient (Wildman–Crippen LogP) is 7.47. The highest BCUT2D eigenvalue weighted by Crippen LogP contribution is 2.35. The molecule has 1 saturated heterocycles. The number of carbonyl (C=O) groups is 1. The van der Waals surface area contributed by atoms with Gasteiger partial charge in [0.1, 0.15) is 18.1 Å². The summed E-state index contributed by atoms with van der Waals surface area (Å²) in [6, 6.07) is 27.6. The van der Waals surface area contributed by atoms with E-state index in [-0.39, 0.29) is 5.91 Å². The van der Waals surface area contributed by atoms with Crippen LogP contribution in [0.3, 0.4) is 0 Å². The van der Waals surface area contributed by atoms with E-state index in [2.05, 4.69) is 32.3 Å². The minimum absolute atomic E-state index is 0.184. The summed E-state index contributed by atoms with van der Waals surface area (Å²) < 4.78 is 12.7. The highest BCUT2D eigenvalue weighted by atomic mass is 79.9. The van der Waals surface area contributed by atoms with E-state index >= 15 is 0 Å². The molecule has 1 fully saturated rings. The summed E-state index contributed by atoms with van der Waals surface area (Å²) in [6.45, 7) is 2.97. The highest BCUT2D eigenvalue weighted by molar-refractivity contribution is 9.10. The van der Waals surface area contributed by atoms with Gasteiger partial charge in [0.15, 0.2) is 5.17 Å². The van der Waals surface area contributed by atoms with Gasteiger partial charge in [-0.1, -0.05) is 58.4 Å². The number of hydrogen-bond donors (Lipinski definition) is 1. The molecule has 0 aromatic heterocycles. The molecule has 1 aliphatic heterocycles. The number of carbonyl (C=O) groups excluding carboxylic acids is 1. The van der Waals surface area contributed by atoms with Crippen LogP contribution in [0.4, 0.5) is 5.69 Å². The Labute approximate surface area is 222 Å². The lowest BCUT2D eigenvalue weighted by molar-refractivity contribution is -0.115. The summed E-state index contributed by atoms with van der Waals surface area (Å²) in [4.78, 5) is 18.0. The van der Waals surface area contributed by atoms with Crippen molar-refractivity contribution in [3.8, 4) is 11.5 Å². The molecule has 0 aliphatic carbocycles. The third-order valence-corrected chi connectivity index (χ3v) is 6.98. The van der Waals surface area contributed by atoms with Crippen LogP contribution in [0.2, 0.25) is 0 Å². The number of hydrogen-bond acceptors (Lipinski definition) is 5. The van der Waals surface area contributed by atoms with E-state index in [1.807, 2.05) is 91.9 Å². The van der Waals surface area contributed by atoms with Crippen LogP contribution in [0, 0.1) is 0 Å². The van der Waals surface area contributed by atoms with Crippen LogP contribution in [0.1, 0.15) is 18.1 Å². The van der Waals surface area contributed by atoms with Gasteiger partial charge in [-0.2, -0.15) is 0 Å². The molecule has 7 heteroatoms. The first kappa shape index (κ1) is 24.2. The van der Waals surface area contributed by atoms with Crippen molar-refractivity contribution in [3.05, 3.63) is 105 Å². The van der Waals surface area contributed by atoms with Crippen molar-refractivity contribution in [1.82, 2.24) is 5.32 Å². The largest absolute Gasteiger partial charge is 0.494 e. The van der Waals surface area contributed by atoms with Gasteiger partial charge in [0.2, 0.25) is 0 Å². The Morgan fingerprint density at radius 3 is 2.50 bits per heavy atom. The predicted molar refractivity (Wildman–Crippen MR) is 151 cm³/mol. The van der Waals surface area contributed by atoms with Crippen LogP contribution in [-0.2, 0) is 11.4 Å². The molecule has 0 radical (unpaired) electrons. The normalized spacial score (nSPS) is 15.4. The van der Waals surface area contributed by atoms with Crippen molar-refractivity contribution >= 4 is 61.3 Å². The van der Waals surface area contributed by atoms with Crippen molar-refractivity contribution in [3.63, 3.8) is 0 Å². The number of thioether (sulfide) groups is 1. The third-order valence-electron chi connectivity index (χ3n) is 5.54. The van der Waals surface area contributed by atoms with Crippen molar-refractivity contribution in [2.45, 2.75) is 13.5 Å². The number of aliphatic imine (C=N–C) groups is 1. The summed E-state index contributed by atoms with van der Waals surface area (Å²) in [6.07, 6.45) is 1.89. The van der Waals surface area contributed by atoms with Crippen LogP contribution in [-0.4, -0.2) is 17.7 Å². The van der Waals surface area contributed by atoms with E-state index in [4.69, 9.17) is 9.47 Å². The first-order chi connectivity index (χ1) is 17.6. The zero-order valence-corrected chi connectivity index (χ0v) is 21.9. The van der Waals surface area contributed by atoms with Gasteiger partial charge in [0.25, 0.3) is 5.91 Å². The molecular formula is C29H23BrN2O3S. The Balaban J connectivity index is 1.43. The second kappa shape index (κ2) is 11.0. The Hall–Kier alpha value is -3.55. The van der Waals surface area contributed by atoms with Crippen LogP contribution in [0.25, 0.3) is 16.8 Å². The number of fused-ring (bicyclic) bond motifs is 1. The molecule has 1 heterocycles. The Morgan fingerprint density at radius 1 is 0.944 bits per heavy atom. The van der Waals surface area contributed by atoms with Crippen LogP contribution in [0.5, 0.6) is 11.5 Å². The second-order valence-electron chi connectivity index (χ2n) is 8.02. The van der Waals surface area contributed by atoms with Gasteiger partial charge in [0, 0.05) is 10.0 Å². The van der Waals surface area contributed by atoms with E-state index in [1.54, 1.807) is 0 Å². The summed E-state index contributed by atoms with van der Waals surface area (Å²) in [5, 5.41) is 5.50. The van der Waals surface area contributed by atoms with Crippen LogP contribution in [0.15, 0.2) is 99.3 Å².